The summed E-state index contributed by atoms with van der Waals surface area (Å²) in [5.41, 5.74) is 9.54. The van der Waals surface area contributed by atoms with E-state index in [4.69, 9.17) is 9.97 Å². The molecule has 0 bridgehead atoms. The van der Waals surface area contributed by atoms with Gasteiger partial charge in [-0.3, -0.25) is 4.98 Å². The molecule has 1 unspecified atom stereocenters. The number of likely N-dealkylation sites (N-methyl/N-ethyl adjacent to an activating group) is 1. The van der Waals surface area contributed by atoms with E-state index in [1.54, 1.807) is 0 Å². The van der Waals surface area contributed by atoms with Crippen LogP contribution in [-0.4, -0.2) is 26.9 Å². The molecule has 0 saturated heterocycles. The topological polar surface area (TPSA) is 41.9 Å². The molecule has 39 heavy (non-hydrogen) atoms. The summed E-state index contributed by atoms with van der Waals surface area (Å²) in [6.45, 7) is 0. The molecule has 4 heterocycles. The van der Waals surface area contributed by atoms with Crippen molar-refractivity contribution in [3.05, 3.63) is 132 Å². The SMILES string of the molecule is CN1C=CC=C2C=Cc3ccc(-c4ccc5ccc(-c6ccc7ccc8cccnc8c7n6)cc5c4)nc3C21. The fourth-order valence-corrected chi connectivity index (χ4v) is 5.84. The minimum Gasteiger partial charge on any atom is -0.368 e. The van der Waals surface area contributed by atoms with Crippen molar-refractivity contribution in [3.8, 4) is 22.5 Å². The molecule has 0 N–H and O–H groups in total. The highest BCUT2D eigenvalue weighted by atomic mass is 15.1. The zero-order valence-electron chi connectivity index (χ0n) is 21.4. The summed E-state index contributed by atoms with van der Waals surface area (Å²) < 4.78 is 0. The highest BCUT2D eigenvalue weighted by Gasteiger charge is 2.27. The van der Waals surface area contributed by atoms with Gasteiger partial charge < -0.3 is 4.90 Å². The maximum absolute atomic E-state index is 5.18. The Labute approximate surface area is 226 Å². The van der Waals surface area contributed by atoms with E-state index in [2.05, 4.69) is 126 Å². The highest BCUT2D eigenvalue weighted by molar-refractivity contribution is 6.03. The van der Waals surface area contributed by atoms with Crippen LogP contribution in [0.15, 0.2) is 121 Å². The number of hydrogen-bond donors (Lipinski definition) is 0. The van der Waals surface area contributed by atoms with Crippen LogP contribution < -0.4 is 0 Å². The number of rotatable bonds is 2. The third kappa shape index (κ3) is 3.57. The average Bonchev–Trinajstić information content (AvgIpc) is 3.00. The summed E-state index contributed by atoms with van der Waals surface area (Å²) in [6.07, 6.45) is 12.6. The van der Waals surface area contributed by atoms with Crippen molar-refractivity contribution < 1.29 is 0 Å². The van der Waals surface area contributed by atoms with Crippen LogP contribution in [0.25, 0.3) is 61.2 Å². The molecule has 1 aliphatic heterocycles. The summed E-state index contributed by atoms with van der Waals surface area (Å²) >= 11 is 0. The number of benzene rings is 3. The molecule has 2 aliphatic rings. The second-order valence-corrected chi connectivity index (χ2v) is 10.3. The first-order valence-corrected chi connectivity index (χ1v) is 13.2. The summed E-state index contributed by atoms with van der Waals surface area (Å²) in [6, 6.07) is 30.1. The Morgan fingerprint density at radius 3 is 2.23 bits per heavy atom. The summed E-state index contributed by atoms with van der Waals surface area (Å²) in [4.78, 5) is 17.1. The fraction of sp³-hybridized carbons (Fsp3) is 0.0571. The third-order valence-corrected chi connectivity index (χ3v) is 7.87. The van der Waals surface area contributed by atoms with Gasteiger partial charge in [0.15, 0.2) is 0 Å². The number of nitrogens with zero attached hydrogens (tertiary/aromatic N) is 4. The molecule has 1 aliphatic carbocycles. The fourth-order valence-electron chi connectivity index (χ4n) is 5.84. The van der Waals surface area contributed by atoms with Crippen LogP contribution >= 0.6 is 0 Å². The normalized spacial score (nSPS) is 16.0. The molecule has 4 heteroatoms. The smallest absolute Gasteiger partial charge is 0.0972 e. The maximum Gasteiger partial charge on any atom is 0.0972 e. The van der Waals surface area contributed by atoms with Gasteiger partial charge in [0.05, 0.1) is 34.2 Å². The van der Waals surface area contributed by atoms with E-state index in [9.17, 15) is 0 Å². The lowest BCUT2D eigenvalue weighted by molar-refractivity contribution is 0.370. The predicted molar refractivity (Wildman–Crippen MR) is 160 cm³/mol. The number of aromatic nitrogens is 3. The first-order valence-electron chi connectivity index (χ1n) is 13.2. The molecule has 4 nitrogen and oxygen atoms in total. The molecule has 3 aromatic heterocycles. The first kappa shape index (κ1) is 21.9. The van der Waals surface area contributed by atoms with Gasteiger partial charge in [0.2, 0.25) is 0 Å². The van der Waals surface area contributed by atoms with Gasteiger partial charge in [-0.2, -0.15) is 0 Å². The summed E-state index contributed by atoms with van der Waals surface area (Å²) in [7, 11) is 2.11. The zero-order valence-corrected chi connectivity index (χ0v) is 21.4. The van der Waals surface area contributed by atoms with E-state index < -0.39 is 0 Å². The highest BCUT2D eigenvalue weighted by Crippen LogP contribution is 2.38. The molecule has 0 spiro atoms. The number of hydrogen-bond acceptors (Lipinski definition) is 4. The lowest BCUT2D eigenvalue weighted by Gasteiger charge is -2.33. The van der Waals surface area contributed by atoms with Crippen LogP contribution in [0.1, 0.15) is 17.3 Å². The predicted octanol–water partition coefficient (Wildman–Crippen LogP) is 8.12. The molecule has 8 rings (SSSR count). The van der Waals surface area contributed by atoms with Gasteiger partial charge in [-0.15, -0.1) is 0 Å². The van der Waals surface area contributed by atoms with Gasteiger partial charge in [-0.25, -0.2) is 9.97 Å². The van der Waals surface area contributed by atoms with Gasteiger partial charge in [-0.1, -0.05) is 72.8 Å². The Balaban J connectivity index is 1.22. The van der Waals surface area contributed by atoms with E-state index in [1.807, 2.05) is 12.3 Å². The van der Waals surface area contributed by atoms with Crippen molar-refractivity contribution in [2.45, 2.75) is 6.04 Å². The van der Waals surface area contributed by atoms with Gasteiger partial charge in [-0.05, 0) is 64.5 Å². The molecule has 184 valence electrons. The van der Waals surface area contributed by atoms with Crippen molar-refractivity contribution >= 4 is 38.7 Å². The standard InChI is InChI=1S/C35H24N4/c1-39-19-3-5-26-11-10-25-15-17-31(38-34(25)35(26)39)28-13-7-22-6-12-27(20-29(22)21-28)30-16-14-24-9-8-23-4-2-18-36-32(23)33(24)37-30/h2-21,35H,1H3. The van der Waals surface area contributed by atoms with Crippen LogP contribution in [0.5, 0.6) is 0 Å². The quantitative estimate of drug-likeness (QED) is 0.225. The van der Waals surface area contributed by atoms with Crippen molar-refractivity contribution in [2.75, 3.05) is 7.05 Å². The van der Waals surface area contributed by atoms with Gasteiger partial charge in [0.1, 0.15) is 0 Å². The Bertz CT molecular complexity index is 2050. The van der Waals surface area contributed by atoms with Crippen LogP contribution in [0.4, 0.5) is 0 Å². The number of allylic oxidation sites excluding steroid dienone is 2. The Hall–Kier alpha value is -5.09. The minimum atomic E-state index is 0.145. The van der Waals surface area contributed by atoms with Crippen molar-refractivity contribution in [1.29, 1.82) is 0 Å². The van der Waals surface area contributed by atoms with Crippen molar-refractivity contribution in [1.82, 2.24) is 19.9 Å². The van der Waals surface area contributed by atoms with Crippen LogP contribution in [0.3, 0.4) is 0 Å². The van der Waals surface area contributed by atoms with E-state index >= 15 is 0 Å². The molecule has 0 radical (unpaired) electrons. The van der Waals surface area contributed by atoms with Gasteiger partial charge in [0.25, 0.3) is 0 Å². The van der Waals surface area contributed by atoms with Crippen LogP contribution in [0, 0.1) is 0 Å². The molecule has 0 amide bonds. The summed E-state index contributed by atoms with van der Waals surface area (Å²) in [5, 5.41) is 4.56. The maximum atomic E-state index is 5.18. The van der Waals surface area contributed by atoms with E-state index in [1.165, 1.54) is 21.9 Å². The van der Waals surface area contributed by atoms with E-state index in [0.29, 0.717) is 0 Å². The molecular formula is C35H24N4. The molecule has 6 aromatic rings. The lowest BCUT2D eigenvalue weighted by Crippen LogP contribution is -2.25. The van der Waals surface area contributed by atoms with Gasteiger partial charge >= 0.3 is 0 Å². The first-order chi connectivity index (χ1) is 19.2. The molecule has 0 fully saturated rings. The summed E-state index contributed by atoms with van der Waals surface area (Å²) in [5.74, 6) is 0. The molecule has 1 atom stereocenters. The van der Waals surface area contributed by atoms with Gasteiger partial charge in [0, 0.05) is 35.1 Å². The third-order valence-electron chi connectivity index (χ3n) is 7.87. The van der Waals surface area contributed by atoms with Crippen LogP contribution in [-0.2, 0) is 0 Å². The van der Waals surface area contributed by atoms with E-state index in [0.717, 1.165) is 50.0 Å². The largest absolute Gasteiger partial charge is 0.368 e. The van der Waals surface area contributed by atoms with Crippen molar-refractivity contribution in [3.63, 3.8) is 0 Å². The molecular weight excluding hydrogens is 476 g/mol. The monoisotopic (exact) mass is 500 g/mol. The average molecular weight is 501 g/mol. The van der Waals surface area contributed by atoms with Crippen LogP contribution in [0.2, 0.25) is 0 Å². The van der Waals surface area contributed by atoms with E-state index in [-0.39, 0.29) is 6.04 Å². The Morgan fingerprint density at radius 2 is 1.38 bits per heavy atom. The zero-order chi connectivity index (χ0) is 25.9. The lowest BCUT2D eigenvalue weighted by atomic mass is 9.90. The minimum absolute atomic E-state index is 0.145. The molecule has 3 aromatic carbocycles. The Kier molecular flexibility index (Phi) is 4.76. The second kappa shape index (κ2) is 8.47. The number of fused-ring (bicyclic) bond motifs is 7. The number of pyridine rings is 3. The Morgan fingerprint density at radius 1 is 0.667 bits per heavy atom. The molecule has 0 saturated carbocycles. The van der Waals surface area contributed by atoms with Crippen molar-refractivity contribution in [2.24, 2.45) is 0 Å². The second-order valence-electron chi connectivity index (χ2n) is 10.3.